The SMILES string of the molecule is CC(C)c1ncc2n1CC(CC(=O)O)CC2. The topological polar surface area (TPSA) is 55.1 Å². The summed E-state index contributed by atoms with van der Waals surface area (Å²) in [7, 11) is 0. The van der Waals surface area contributed by atoms with Crippen molar-refractivity contribution < 1.29 is 9.90 Å². The molecule has 0 amide bonds. The van der Waals surface area contributed by atoms with Crippen LogP contribution in [0.1, 0.15) is 44.1 Å². The fourth-order valence-electron chi connectivity index (χ4n) is 2.41. The summed E-state index contributed by atoms with van der Waals surface area (Å²) in [6.07, 6.45) is 4.13. The van der Waals surface area contributed by atoms with E-state index in [1.165, 1.54) is 5.69 Å². The third-order valence-corrected chi connectivity index (χ3v) is 3.20. The predicted molar refractivity (Wildman–Crippen MR) is 60.4 cm³/mol. The van der Waals surface area contributed by atoms with Gasteiger partial charge in [-0.25, -0.2) is 4.98 Å². The Morgan fingerprint density at radius 3 is 3.06 bits per heavy atom. The number of carbonyl (C=O) groups is 1. The van der Waals surface area contributed by atoms with Crippen molar-refractivity contribution >= 4 is 5.97 Å². The van der Waals surface area contributed by atoms with E-state index in [2.05, 4.69) is 23.4 Å². The molecule has 1 N–H and O–H groups in total. The summed E-state index contributed by atoms with van der Waals surface area (Å²) >= 11 is 0. The first kappa shape index (κ1) is 11.2. The van der Waals surface area contributed by atoms with E-state index < -0.39 is 5.97 Å². The van der Waals surface area contributed by atoms with Crippen LogP contribution in [0.2, 0.25) is 0 Å². The lowest BCUT2D eigenvalue weighted by Gasteiger charge is -2.25. The van der Waals surface area contributed by atoms with Crippen LogP contribution >= 0.6 is 0 Å². The van der Waals surface area contributed by atoms with Gasteiger partial charge in [-0.1, -0.05) is 13.8 Å². The molecule has 0 radical (unpaired) electrons. The zero-order chi connectivity index (χ0) is 11.7. The van der Waals surface area contributed by atoms with Crippen LogP contribution < -0.4 is 0 Å². The maximum Gasteiger partial charge on any atom is 0.303 e. The van der Waals surface area contributed by atoms with Gasteiger partial charge in [-0.15, -0.1) is 0 Å². The number of aliphatic carboxylic acids is 1. The van der Waals surface area contributed by atoms with Crippen molar-refractivity contribution in [3.8, 4) is 0 Å². The van der Waals surface area contributed by atoms with Crippen LogP contribution in [0.3, 0.4) is 0 Å². The molecular formula is C12H18N2O2. The van der Waals surface area contributed by atoms with Crippen LogP contribution in [-0.2, 0) is 17.8 Å². The quantitative estimate of drug-likeness (QED) is 0.851. The highest BCUT2D eigenvalue weighted by Gasteiger charge is 2.23. The number of fused-ring (bicyclic) bond motifs is 1. The number of nitrogens with zero attached hydrogens (tertiary/aromatic N) is 2. The molecule has 2 heterocycles. The molecule has 0 bridgehead atoms. The lowest BCUT2D eigenvalue weighted by molar-refractivity contribution is -0.138. The number of hydrogen-bond donors (Lipinski definition) is 1. The highest BCUT2D eigenvalue weighted by molar-refractivity contribution is 5.67. The van der Waals surface area contributed by atoms with Crippen molar-refractivity contribution in [2.45, 2.75) is 45.6 Å². The zero-order valence-electron chi connectivity index (χ0n) is 9.81. The Hall–Kier alpha value is -1.32. The molecule has 0 aromatic carbocycles. The molecule has 0 aliphatic carbocycles. The minimum Gasteiger partial charge on any atom is -0.481 e. The lowest BCUT2D eigenvalue weighted by atomic mass is 9.95. The number of imidazole rings is 1. The van der Waals surface area contributed by atoms with Gasteiger partial charge in [0.25, 0.3) is 0 Å². The Bertz CT molecular complexity index is 396. The predicted octanol–water partition coefficient (Wildman–Crippen LogP) is 2.04. The van der Waals surface area contributed by atoms with E-state index in [-0.39, 0.29) is 12.3 Å². The Kier molecular flexibility index (Phi) is 2.99. The first-order valence-corrected chi connectivity index (χ1v) is 5.84. The summed E-state index contributed by atoms with van der Waals surface area (Å²) in [4.78, 5) is 15.1. The molecule has 0 fully saturated rings. The van der Waals surface area contributed by atoms with E-state index in [1.54, 1.807) is 0 Å². The third kappa shape index (κ3) is 2.10. The van der Waals surface area contributed by atoms with Crippen molar-refractivity contribution in [1.82, 2.24) is 9.55 Å². The smallest absolute Gasteiger partial charge is 0.303 e. The molecule has 4 nitrogen and oxygen atoms in total. The van der Waals surface area contributed by atoms with Gasteiger partial charge in [0.1, 0.15) is 5.82 Å². The van der Waals surface area contributed by atoms with Crippen molar-refractivity contribution in [2.24, 2.45) is 5.92 Å². The summed E-state index contributed by atoms with van der Waals surface area (Å²) < 4.78 is 2.21. The van der Waals surface area contributed by atoms with Crippen molar-refractivity contribution in [3.05, 3.63) is 17.7 Å². The summed E-state index contributed by atoms with van der Waals surface area (Å²) in [5.74, 6) is 1.05. The Morgan fingerprint density at radius 1 is 1.69 bits per heavy atom. The van der Waals surface area contributed by atoms with E-state index in [9.17, 15) is 4.79 Å². The van der Waals surface area contributed by atoms with E-state index in [0.29, 0.717) is 5.92 Å². The maximum atomic E-state index is 10.7. The molecule has 0 saturated carbocycles. The molecule has 1 aromatic heterocycles. The van der Waals surface area contributed by atoms with Crippen LogP contribution in [0.25, 0.3) is 0 Å². The maximum absolute atomic E-state index is 10.7. The molecule has 1 unspecified atom stereocenters. The van der Waals surface area contributed by atoms with Crippen LogP contribution in [-0.4, -0.2) is 20.6 Å². The first-order chi connectivity index (χ1) is 7.58. The minimum atomic E-state index is -0.695. The minimum absolute atomic E-state index is 0.261. The molecule has 0 saturated heterocycles. The number of carboxylic acids is 1. The Morgan fingerprint density at radius 2 is 2.44 bits per heavy atom. The van der Waals surface area contributed by atoms with Gasteiger partial charge in [-0.05, 0) is 18.8 Å². The summed E-state index contributed by atoms with van der Waals surface area (Å²) in [5.41, 5.74) is 1.25. The Labute approximate surface area is 95.3 Å². The van der Waals surface area contributed by atoms with Crippen LogP contribution in [0, 0.1) is 5.92 Å². The van der Waals surface area contributed by atoms with Crippen LogP contribution in [0.15, 0.2) is 6.20 Å². The second kappa shape index (κ2) is 4.28. The van der Waals surface area contributed by atoms with E-state index in [1.807, 2.05) is 6.20 Å². The summed E-state index contributed by atoms with van der Waals surface area (Å²) in [6.45, 7) is 5.06. The largest absolute Gasteiger partial charge is 0.481 e. The van der Waals surface area contributed by atoms with Crippen molar-refractivity contribution in [3.63, 3.8) is 0 Å². The van der Waals surface area contributed by atoms with E-state index >= 15 is 0 Å². The number of rotatable bonds is 3. The Balaban J connectivity index is 2.17. The molecule has 16 heavy (non-hydrogen) atoms. The summed E-state index contributed by atoms with van der Waals surface area (Å²) in [5, 5.41) is 8.82. The molecule has 4 heteroatoms. The van der Waals surface area contributed by atoms with Crippen molar-refractivity contribution in [2.75, 3.05) is 0 Å². The molecule has 1 aliphatic rings. The number of aromatic nitrogens is 2. The average molecular weight is 222 g/mol. The van der Waals surface area contributed by atoms with Crippen molar-refractivity contribution in [1.29, 1.82) is 0 Å². The monoisotopic (exact) mass is 222 g/mol. The fraction of sp³-hybridized carbons (Fsp3) is 0.667. The van der Waals surface area contributed by atoms with Gasteiger partial charge in [0.2, 0.25) is 0 Å². The zero-order valence-corrected chi connectivity index (χ0v) is 9.81. The highest BCUT2D eigenvalue weighted by Crippen LogP contribution is 2.26. The number of aryl methyl sites for hydroxylation is 1. The first-order valence-electron chi connectivity index (χ1n) is 5.84. The molecule has 1 atom stereocenters. The van der Waals surface area contributed by atoms with Gasteiger partial charge in [-0.3, -0.25) is 4.79 Å². The van der Waals surface area contributed by atoms with Gasteiger partial charge in [-0.2, -0.15) is 0 Å². The third-order valence-electron chi connectivity index (χ3n) is 3.20. The number of carboxylic acid groups (broad SMARTS) is 1. The average Bonchev–Trinajstić information content (AvgIpc) is 2.59. The van der Waals surface area contributed by atoms with Gasteiger partial charge in [0, 0.05) is 30.8 Å². The standard InChI is InChI=1S/C12H18N2O2/c1-8(2)12-13-6-10-4-3-9(5-11(15)16)7-14(10)12/h6,8-9H,3-5,7H2,1-2H3,(H,15,16). The molecule has 1 aliphatic heterocycles. The van der Waals surface area contributed by atoms with Crippen LogP contribution in [0.4, 0.5) is 0 Å². The van der Waals surface area contributed by atoms with Gasteiger partial charge < -0.3 is 9.67 Å². The number of hydrogen-bond acceptors (Lipinski definition) is 2. The van der Waals surface area contributed by atoms with Gasteiger partial charge in [0.05, 0.1) is 0 Å². The highest BCUT2D eigenvalue weighted by atomic mass is 16.4. The molecule has 1 aromatic rings. The van der Waals surface area contributed by atoms with Gasteiger partial charge in [0.15, 0.2) is 0 Å². The summed E-state index contributed by atoms with van der Waals surface area (Å²) in [6, 6.07) is 0. The van der Waals surface area contributed by atoms with Gasteiger partial charge >= 0.3 is 5.97 Å². The molecule has 88 valence electrons. The second-order valence-corrected chi connectivity index (χ2v) is 4.88. The molecule has 0 spiro atoms. The fourth-order valence-corrected chi connectivity index (χ4v) is 2.41. The second-order valence-electron chi connectivity index (χ2n) is 4.88. The van der Waals surface area contributed by atoms with Crippen LogP contribution in [0.5, 0.6) is 0 Å². The van der Waals surface area contributed by atoms with E-state index in [0.717, 1.165) is 25.2 Å². The normalized spacial score (nSPS) is 19.8. The molecule has 2 rings (SSSR count). The lowest BCUT2D eigenvalue weighted by Crippen LogP contribution is -2.23. The van der Waals surface area contributed by atoms with E-state index in [4.69, 9.17) is 5.11 Å². The molecular weight excluding hydrogens is 204 g/mol.